The molecule has 0 aliphatic heterocycles. The Balaban J connectivity index is 1.98. The Morgan fingerprint density at radius 3 is 3.06 bits per heavy atom. The van der Waals surface area contributed by atoms with Crippen LogP contribution in [0.5, 0.6) is 0 Å². The van der Waals surface area contributed by atoms with Gasteiger partial charge in [0.05, 0.1) is 0 Å². The Labute approximate surface area is 107 Å². The molecule has 1 heterocycles. The van der Waals surface area contributed by atoms with Gasteiger partial charge in [0, 0.05) is 29.6 Å². The minimum absolute atomic E-state index is 0.0282. The van der Waals surface area contributed by atoms with Crippen molar-refractivity contribution in [1.82, 2.24) is 10.3 Å². The zero-order valence-electron chi connectivity index (χ0n) is 10.6. The summed E-state index contributed by atoms with van der Waals surface area (Å²) < 4.78 is 0. The molecule has 18 heavy (non-hydrogen) atoms. The number of hydrogen-bond donors (Lipinski definition) is 2. The highest BCUT2D eigenvalue weighted by molar-refractivity contribution is 5.84. The van der Waals surface area contributed by atoms with Gasteiger partial charge in [-0.25, -0.2) is 0 Å². The molecule has 3 nitrogen and oxygen atoms in total. The first-order valence-corrected chi connectivity index (χ1v) is 6.17. The van der Waals surface area contributed by atoms with Crippen molar-refractivity contribution in [2.24, 2.45) is 0 Å². The number of H-pyrrole nitrogens is 1. The molecule has 3 heteroatoms. The lowest BCUT2D eigenvalue weighted by atomic mass is 10.1. The summed E-state index contributed by atoms with van der Waals surface area (Å²) in [5.41, 5.74) is 2.30. The molecule has 1 aromatic heterocycles. The molecular weight excluding hydrogens is 224 g/mol. The maximum absolute atomic E-state index is 11.7. The Hall–Kier alpha value is -2.03. The number of amides is 1. The van der Waals surface area contributed by atoms with Crippen LogP contribution < -0.4 is 5.32 Å². The van der Waals surface area contributed by atoms with Gasteiger partial charge >= 0.3 is 0 Å². The first-order chi connectivity index (χ1) is 8.70. The Bertz CT molecular complexity index is 556. The molecule has 2 N–H and O–H groups in total. The highest BCUT2D eigenvalue weighted by atomic mass is 16.1. The molecule has 0 fully saturated rings. The van der Waals surface area contributed by atoms with Gasteiger partial charge in [0.15, 0.2) is 0 Å². The molecular formula is C15H18N2O. The second-order valence-electron chi connectivity index (χ2n) is 4.45. The number of hydrogen-bond acceptors (Lipinski definition) is 1. The van der Waals surface area contributed by atoms with Crippen molar-refractivity contribution >= 4 is 16.8 Å². The van der Waals surface area contributed by atoms with E-state index in [9.17, 15) is 4.79 Å². The summed E-state index contributed by atoms with van der Waals surface area (Å²) in [6, 6.07) is 8.16. The molecule has 0 aliphatic carbocycles. The molecule has 0 bridgehead atoms. The molecule has 1 aromatic carbocycles. The molecule has 0 radical (unpaired) electrons. The number of carbonyl (C=O) groups excluding carboxylic acids is 1. The van der Waals surface area contributed by atoms with Crippen molar-refractivity contribution in [2.75, 3.05) is 0 Å². The number of nitrogens with one attached hydrogen (secondary N) is 2. The standard InChI is InChI=1S/C15H18N2O/c1-3-11(2)17-15(18)9-8-12-10-16-14-7-5-4-6-13(12)14/h3-7,10-11,16H,1,8-9H2,2H3,(H,17,18). The van der Waals surface area contributed by atoms with Crippen molar-refractivity contribution in [3.8, 4) is 0 Å². The lowest BCUT2D eigenvalue weighted by Gasteiger charge is -2.08. The fourth-order valence-electron chi connectivity index (χ4n) is 1.97. The molecule has 0 saturated heterocycles. The maximum atomic E-state index is 11.7. The predicted molar refractivity (Wildman–Crippen MR) is 74.4 cm³/mol. The van der Waals surface area contributed by atoms with E-state index in [1.165, 1.54) is 10.9 Å². The summed E-state index contributed by atoms with van der Waals surface area (Å²) in [6.07, 6.45) is 4.96. The summed E-state index contributed by atoms with van der Waals surface area (Å²) in [6.45, 7) is 5.56. The van der Waals surface area contributed by atoms with Gasteiger partial charge in [-0.1, -0.05) is 24.3 Å². The normalized spacial score (nSPS) is 12.3. The van der Waals surface area contributed by atoms with Crippen LogP contribution in [0, 0.1) is 0 Å². The van der Waals surface area contributed by atoms with Gasteiger partial charge in [-0.3, -0.25) is 4.79 Å². The van der Waals surface area contributed by atoms with Gasteiger partial charge in [0.1, 0.15) is 0 Å². The molecule has 0 aliphatic rings. The lowest BCUT2D eigenvalue weighted by molar-refractivity contribution is -0.121. The van der Waals surface area contributed by atoms with Gasteiger partial charge in [0.2, 0.25) is 5.91 Å². The monoisotopic (exact) mass is 242 g/mol. The summed E-state index contributed by atoms with van der Waals surface area (Å²) >= 11 is 0. The Morgan fingerprint density at radius 1 is 1.50 bits per heavy atom. The number of rotatable bonds is 5. The van der Waals surface area contributed by atoms with Crippen LogP contribution in [-0.2, 0) is 11.2 Å². The molecule has 94 valence electrons. The Kier molecular flexibility index (Phi) is 3.82. The van der Waals surface area contributed by atoms with E-state index in [-0.39, 0.29) is 11.9 Å². The fraction of sp³-hybridized carbons (Fsp3) is 0.267. The largest absolute Gasteiger partial charge is 0.361 e. The highest BCUT2D eigenvalue weighted by Crippen LogP contribution is 2.18. The average molecular weight is 242 g/mol. The van der Waals surface area contributed by atoms with E-state index in [4.69, 9.17) is 0 Å². The summed E-state index contributed by atoms with van der Waals surface area (Å²) in [5.74, 6) is 0.0627. The zero-order valence-corrected chi connectivity index (χ0v) is 10.6. The first-order valence-electron chi connectivity index (χ1n) is 6.17. The van der Waals surface area contributed by atoms with Crippen LogP contribution >= 0.6 is 0 Å². The minimum atomic E-state index is 0.0282. The molecule has 0 saturated carbocycles. The van der Waals surface area contributed by atoms with E-state index in [0.717, 1.165) is 11.9 Å². The van der Waals surface area contributed by atoms with E-state index in [1.54, 1.807) is 6.08 Å². The third kappa shape index (κ3) is 2.80. The molecule has 0 spiro atoms. The van der Waals surface area contributed by atoms with Crippen LogP contribution in [0.1, 0.15) is 18.9 Å². The number of aryl methyl sites for hydroxylation is 1. The van der Waals surface area contributed by atoms with Crippen LogP contribution in [0.25, 0.3) is 10.9 Å². The summed E-state index contributed by atoms with van der Waals surface area (Å²) in [7, 11) is 0. The third-order valence-corrected chi connectivity index (χ3v) is 3.04. The quantitative estimate of drug-likeness (QED) is 0.778. The lowest BCUT2D eigenvalue weighted by Crippen LogP contribution is -2.30. The van der Waals surface area contributed by atoms with E-state index < -0.39 is 0 Å². The second-order valence-corrected chi connectivity index (χ2v) is 4.45. The van der Waals surface area contributed by atoms with Crippen molar-refractivity contribution in [1.29, 1.82) is 0 Å². The van der Waals surface area contributed by atoms with E-state index in [1.807, 2.05) is 31.3 Å². The van der Waals surface area contributed by atoms with E-state index >= 15 is 0 Å². The van der Waals surface area contributed by atoms with Crippen LogP contribution in [0.3, 0.4) is 0 Å². The number of aromatic nitrogens is 1. The number of para-hydroxylation sites is 1. The highest BCUT2D eigenvalue weighted by Gasteiger charge is 2.07. The second kappa shape index (κ2) is 5.54. The first kappa shape index (κ1) is 12.4. The topological polar surface area (TPSA) is 44.9 Å². The van der Waals surface area contributed by atoms with Crippen LogP contribution in [0.15, 0.2) is 43.1 Å². The van der Waals surface area contributed by atoms with Crippen molar-refractivity contribution in [3.63, 3.8) is 0 Å². The van der Waals surface area contributed by atoms with E-state index in [2.05, 4.69) is 22.9 Å². The van der Waals surface area contributed by atoms with Crippen molar-refractivity contribution in [2.45, 2.75) is 25.8 Å². The fourth-order valence-corrected chi connectivity index (χ4v) is 1.97. The van der Waals surface area contributed by atoms with Crippen LogP contribution in [0.4, 0.5) is 0 Å². The van der Waals surface area contributed by atoms with Gasteiger partial charge in [-0.15, -0.1) is 6.58 Å². The van der Waals surface area contributed by atoms with E-state index in [0.29, 0.717) is 6.42 Å². The smallest absolute Gasteiger partial charge is 0.220 e. The number of aromatic amines is 1. The molecule has 2 rings (SSSR count). The average Bonchev–Trinajstić information content (AvgIpc) is 2.79. The maximum Gasteiger partial charge on any atom is 0.220 e. The summed E-state index contributed by atoms with van der Waals surface area (Å²) in [4.78, 5) is 14.9. The van der Waals surface area contributed by atoms with Gasteiger partial charge in [-0.2, -0.15) is 0 Å². The van der Waals surface area contributed by atoms with Crippen LogP contribution in [-0.4, -0.2) is 16.9 Å². The van der Waals surface area contributed by atoms with Gasteiger partial charge in [-0.05, 0) is 25.0 Å². The molecule has 2 aromatic rings. The molecule has 1 amide bonds. The van der Waals surface area contributed by atoms with Gasteiger partial charge < -0.3 is 10.3 Å². The predicted octanol–water partition coefficient (Wildman–Crippen LogP) is 2.79. The zero-order chi connectivity index (χ0) is 13.0. The van der Waals surface area contributed by atoms with Gasteiger partial charge in [0.25, 0.3) is 0 Å². The Morgan fingerprint density at radius 2 is 2.28 bits per heavy atom. The summed E-state index contributed by atoms with van der Waals surface area (Å²) in [5, 5.41) is 4.07. The minimum Gasteiger partial charge on any atom is -0.361 e. The molecule has 1 atom stereocenters. The third-order valence-electron chi connectivity index (χ3n) is 3.04. The number of benzene rings is 1. The number of fused-ring (bicyclic) bond motifs is 1. The van der Waals surface area contributed by atoms with Crippen molar-refractivity contribution < 1.29 is 4.79 Å². The van der Waals surface area contributed by atoms with Crippen molar-refractivity contribution in [3.05, 3.63) is 48.7 Å². The van der Waals surface area contributed by atoms with Crippen LogP contribution in [0.2, 0.25) is 0 Å². The SMILES string of the molecule is C=CC(C)NC(=O)CCc1c[nH]c2ccccc12. The number of carbonyl (C=O) groups is 1. The molecule has 1 unspecified atom stereocenters.